The van der Waals surface area contributed by atoms with E-state index in [0.717, 1.165) is 0 Å². The molecule has 0 aliphatic carbocycles. The van der Waals surface area contributed by atoms with Gasteiger partial charge in [-0.05, 0) is 5.92 Å². The summed E-state index contributed by atoms with van der Waals surface area (Å²) in [7, 11) is 0. The molecule has 3 N–H and O–H groups in total. The molecule has 84 valence electrons. The fraction of sp³-hybridized carbons (Fsp3) is 0.444. The Morgan fingerprint density at radius 1 is 1.00 bits per heavy atom. The van der Waals surface area contributed by atoms with Gasteiger partial charge in [-0.3, -0.25) is 4.79 Å². The first-order valence-electron chi connectivity index (χ1n) is 4.18. The van der Waals surface area contributed by atoms with Crippen LogP contribution in [0.5, 0.6) is 0 Å². The molecule has 0 heterocycles. The quantitative estimate of drug-likeness (QED) is 0.579. The highest BCUT2D eigenvalue weighted by atomic mass is 16.4. The average Bonchev–Trinajstić information content (AvgIpc) is 2.00. The van der Waals surface area contributed by atoms with Crippen molar-refractivity contribution in [3.8, 4) is 0 Å². The summed E-state index contributed by atoms with van der Waals surface area (Å²) >= 11 is 0. The van der Waals surface area contributed by atoms with E-state index in [1.54, 1.807) is 0 Å². The molecule has 0 bridgehead atoms. The molecule has 0 spiro atoms. The zero-order valence-corrected chi connectivity index (χ0v) is 8.35. The van der Waals surface area contributed by atoms with Crippen LogP contribution in [0.15, 0.2) is 11.1 Å². The number of carbonyl (C=O) groups is 3. The molecular formula is C9H12O6. The average molecular weight is 216 g/mol. The minimum absolute atomic E-state index is 0.370. The maximum absolute atomic E-state index is 10.8. The Bertz CT molecular complexity index is 325. The maximum atomic E-state index is 10.8. The molecule has 0 aliphatic rings. The Morgan fingerprint density at radius 2 is 1.47 bits per heavy atom. The Hall–Kier alpha value is -1.85. The second kappa shape index (κ2) is 5.14. The molecule has 6 heteroatoms. The van der Waals surface area contributed by atoms with Crippen molar-refractivity contribution in [3.05, 3.63) is 11.1 Å². The van der Waals surface area contributed by atoms with Crippen LogP contribution in [-0.4, -0.2) is 33.2 Å². The van der Waals surface area contributed by atoms with Crippen LogP contribution in [0.4, 0.5) is 0 Å². The molecule has 0 unspecified atom stereocenters. The van der Waals surface area contributed by atoms with E-state index in [9.17, 15) is 14.4 Å². The van der Waals surface area contributed by atoms with Crippen molar-refractivity contribution in [2.24, 2.45) is 5.92 Å². The third kappa shape index (κ3) is 3.80. The van der Waals surface area contributed by atoms with E-state index in [1.165, 1.54) is 13.8 Å². The van der Waals surface area contributed by atoms with Crippen molar-refractivity contribution in [1.29, 1.82) is 0 Å². The zero-order chi connectivity index (χ0) is 12.2. The van der Waals surface area contributed by atoms with E-state index >= 15 is 0 Å². The normalized spacial score (nSPS) is 12.2. The van der Waals surface area contributed by atoms with E-state index in [-0.39, 0.29) is 5.57 Å². The maximum Gasteiger partial charge on any atom is 0.332 e. The highest BCUT2D eigenvalue weighted by molar-refractivity contribution is 6.01. The molecule has 15 heavy (non-hydrogen) atoms. The third-order valence-corrected chi connectivity index (χ3v) is 1.72. The molecule has 0 rings (SSSR count). The van der Waals surface area contributed by atoms with Crippen LogP contribution < -0.4 is 0 Å². The van der Waals surface area contributed by atoms with Crippen LogP contribution in [0, 0.1) is 5.92 Å². The van der Waals surface area contributed by atoms with E-state index in [1.807, 2.05) is 0 Å². The van der Waals surface area contributed by atoms with Crippen molar-refractivity contribution in [2.75, 3.05) is 0 Å². The lowest BCUT2D eigenvalue weighted by Crippen LogP contribution is -2.17. The van der Waals surface area contributed by atoms with E-state index in [4.69, 9.17) is 15.3 Å². The largest absolute Gasteiger partial charge is 0.481 e. The number of carboxylic acid groups (broad SMARTS) is 3. The summed E-state index contributed by atoms with van der Waals surface area (Å²) in [4.78, 5) is 31.8. The van der Waals surface area contributed by atoms with Crippen molar-refractivity contribution in [1.82, 2.24) is 0 Å². The molecule has 0 fully saturated rings. The lowest BCUT2D eigenvalue weighted by atomic mass is 9.95. The minimum atomic E-state index is -1.51. The standard InChI is InChI=1S/C9H12O6/c1-4(2)7(9(14)15)5(8(12)13)3-6(10)11/h4H,3H2,1-2H3,(H,10,11)(H,12,13)(H,14,15)/b7-5-. The molecule has 0 saturated heterocycles. The molecule has 0 aromatic carbocycles. The third-order valence-electron chi connectivity index (χ3n) is 1.72. The molecule has 0 amide bonds. The Labute approximate surface area is 85.8 Å². The van der Waals surface area contributed by atoms with Gasteiger partial charge in [0.1, 0.15) is 0 Å². The number of rotatable bonds is 5. The van der Waals surface area contributed by atoms with E-state index in [2.05, 4.69) is 0 Å². The van der Waals surface area contributed by atoms with Gasteiger partial charge in [0, 0.05) is 0 Å². The van der Waals surface area contributed by atoms with Gasteiger partial charge >= 0.3 is 17.9 Å². The molecule has 0 atom stereocenters. The van der Waals surface area contributed by atoms with E-state index in [0.29, 0.717) is 0 Å². The zero-order valence-electron chi connectivity index (χ0n) is 8.35. The predicted octanol–water partition coefficient (Wildman–Crippen LogP) is 0.583. The van der Waals surface area contributed by atoms with Gasteiger partial charge < -0.3 is 15.3 Å². The fourth-order valence-electron chi connectivity index (χ4n) is 1.16. The Morgan fingerprint density at radius 3 is 1.67 bits per heavy atom. The van der Waals surface area contributed by atoms with Crippen LogP contribution in [0.25, 0.3) is 0 Å². The van der Waals surface area contributed by atoms with Crippen molar-refractivity contribution in [2.45, 2.75) is 20.3 Å². The fourth-order valence-corrected chi connectivity index (χ4v) is 1.16. The van der Waals surface area contributed by atoms with Crippen LogP contribution in [0.1, 0.15) is 20.3 Å². The van der Waals surface area contributed by atoms with Crippen molar-refractivity contribution < 1.29 is 29.7 Å². The highest BCUT2D eigenvalue weighted by Crippen LogP contribution is 2.18. The van der Waals surface area contributed by atoms with E-state index < -0.39 is 35.8 Å². The minimum Gasteiger partial charge on any atom is -0.481 e. The molecule has 0 aliphatic heterocycles. The summed E-state index contributed by atoms with van der Waals surface area (Å²) in [6, 6.07) is 0. The number of carboxylic acids is 3. The van der Waals surface area contributed by atoms with Gasteiger partial charge in [-0.2, -0.15) is 0 Å². The molecular weight excluding hydrogens is 204 g/mol. The number of aliphatic carboxylic acids is 3. The predicted molar refractivity (Wildman–Crippen MR) is 49.4 cm³/mol. The van der Waals surface area contributed by atoms with Crippen LogP contribution in [0.2, 0.25) is 0 Å². The van der Waals surface area contributed by atoms with Crippen LogP contribution in [-0.2, 0) is 14.4 Å². The molecule has 0 radical (unpaired) electrons. The van der Waals surface area contributed by atoms with Gasteiger partial charge in [-0.1, -0.05) is 13.8 Å². The molecule has 0 aromatic heterocycles. The molecule has 0 aromatic rings. The monoisotopic (exact) mass is 216 g/mol. The summed E-state index contributed by atoms with van der Waals surface area (Å²) in [5, 5.41) is 25.9. The summed E-state index contributed by atoms with van der Waals surface area (Å²) in [6.07, 6.45) is -0.796. The van der Waals surface area contributed by atoms with Crippen LogP contribution >= 0.6 is 0 Å². The second-order valence-electron chi connectivity index (χ2n) is 3.23. The summed E-state index contributed by atoms with van der Waals surface area (Å²) in [5.41, 5.74) is -0.949. The lowest BCUT2D eigenvalue weighted by molar-refractivity contribution is -0.140. The summed E-state index contributed by atoms with van der Waals surface area (Å²) in [5.74, 6) is -4.83. The van der Waals surface area contributed by atoms with Gasteiger partial charge in [0.25, 0.3) is 0 Å². The Kier molecular flexibility index (Phi) is 4.50. The molecule has 0 saturated carbocycles. The molecule has 6 nitrogen and oxygen atoms in total. The smallest absolute Gasteiger partial charge is 0.332 e. The van der Waals surface area contributed by atoms with Gasteiger partial charge in [0.15, 0.2) is 0 Å². The van der Waals surface area contributed by atoms with Crippen LogP contribution in [0.3, 0.4) is 0 Å². The summed E-state index contributed by atoms with van der Waals surface area (Å²) in [6.45, 7) is 2.99. The first kappa shape index (κ1) is 13.2. The van der Waals surface area contributed by atoms with Gasteiger partial charge in [-0.15, -0.1) is 0 Å². The number of hydrogen-bond donors (Lipinski definition) is 3. The number of hydrogen-bond acceptors (Lipinski definition) is 3. The highest BCUT2D eigenvalue weighted by Gasteiger charge is 2.24. The second-order valence-corrected chi connectivity index (χ2v) is 3.23. The van der Waals surface area contributed by atoms with Gasteiger partial charge in [0.05, 0.1) is 17.6 Å². The lowest BCUT2D eigenvalue weighted by Gasteiger charge is -2.10. The first-order chi connectivity index (χ1) is 6.77. The van der Waals surface area contributed by atoms with Crippen molar-refractivity contribution in [3.63, 3.8) is 0 Å². The first-order valence-corrected chi connectivity index (χ1v) is 4.18. The topological polar surface area (TPSA) is 112 Å². The van der Waals surface area contributed by atoms with Gasteiger partial charge in [0.2, 0.25) is 0 Å². The SMILES string of the molecule is CC(C)/C(C(=O)O)=C(\CC(=O)O)C(=O)O. The summed E-state index contributed by atoms with van der Waals surface area (Å²) < 4.78 is 0. The van der Waals surface area contributed by atoms with Gasteiger partial charge in [-0.25, -0.2) is 9.59 Å². The van der Waals surface area contributed by atoms with Crippen molar-refractivity contribution >= 4 is 17.9 Å². The Balaban J connectivity index is 5.45.